The number of carboxylic acids is 1. The topological polar surface area (TPSA) is 92.4 Å². The van der Waals surface area contributed by atoms with Gasteiger partial charge in [-0.2, -0.15) is 0 Å². The first-order chi connectivity index (χ1) is 7.95. The highest BCUT2D eigenvalue weighted by Gasteiger charge is 2.18. The monoisotopic (exact) mass is 236 g/mol. The minimum Gasteiger partial charge on any atom is -0.480 e. The largest absolute Gasteiger partial charge is 0.480 e. The van der Waals surface area contributed by atoms with Gasteiger partial charge in [0.1, 0.15) is 6.04 Å². The Balaban J connectivity index is 2.82. The summed E-state index contributed by atoms with van der Waals surface area (Å²) in [5.74, 6) is -1.47. The van der Waals surface area contributed by atoms with Crippen molar-refractivity contribution in [1.29, 1.82) is 0 Å². The van der Waals surface area contributed by atoms with Gasteiger partial charge in [-0.1, -0.05) is 13.0 Å². The van der Waals surface area contributed by atoms with Crippen LogP contribution in [0.3, 0.4) is 0 Å². The first-order valence-corrected chi connectivity index (χ1v) is 5.35. The quantitative estimate of drug-likeness (QED) is 0.684. The van der Waals surface area contributed by atoms with Gasteiger partial charge in [0.05, 0.1) is 0 Å². The average Bonchev–Trinajstić information content (AvgIpc) is 2.28. The van der Waals surface area contributed by atoms with Gasteiger partial charge in [-0.25, -0.2) is 4.79 Å². The Hall–Kier alpha value is -2.04. The van der Waals surface area contributed by atoms with E-state index in [1.807, 2.05) is 6.92 Å². The van der Waals surface area contributed by atoms with Crippen LogP contribution < -0.4 is 11.1 Å². The zero-order valence-corrected chi connectivity index (χ0v) is 9.86. The highest BCUT2D eigenvalue weighted by atomic mass is 16.4. The van der Waals surface area contributed by atoms with Crippen LogP contribution in [0.15, 0.2) is 18.2 Å². The van der Waals surface area contributed by atoms with Crippen molar-refractivity contribution in [3.05, 3.63) is 29.3 Å². The van der Waals surface area contributed by atoms with E-state index in [1.165, 1.54) is 0 Å². The molecule has 0 aromatic heterocycles. The summed E-state index contributed by atoms with van der Waals surface area (Å²) in [6, 6.07) is 4.02. The van der Waals surface area contributed by atoms with Crippen LogP contribution in [0, 0.1) is 6.92 Å². The second kappa shape index (κ2) is 5.34. The van der Waals surface area contributed by atoms with E-state index in [9.17, 15) is 9.59 Å². The Morgan fingerprint density at radius 3 is 2.59 bits per heavy atom. The lowest BCUT2D eigenvalue weighted by Gasteiger charge is -2.12. The molecule has 1 rings (SSSR count). The Morgan fingerprint density at radius 1 is 1.47 bits per heavy atom. The highest BCUT2D eigenvalue weighted by molar-refractivity contribution is 5.97. The van der Waals surface area contributed by atoms with E-state index >= 15 is 0 Å². The number of carbonyl (C=O) groups excluding carboxylic acids is 1. The normalized spacial score (nSPS) is 11.9. The van der Waals surface area contributed by atoms with E-state index in [2.05, 4.69) is 5.32 Å². The summed E-state index contributed by atoms with van der Waals surface area (Å²) >= 11 is 0. The maximum atomic E-state index is 11.8. The molecule has 1 aromatic rings. The second-order valence-electron chi connectivity index (χ2n) is 3.84. The number of amides is 1. The molecule has 17 heavy (non-hydrogen) atoms. The highest BCUT2D eigenvalue weighted by Crippen LogP contribution is 2.13. The number of nitrogens with one attached hydrogen (secondary N) is 1. The van der Waals surface area contributed by atoms with Crippen LogP contribution in [-0.2, 0) is 4.79 Å². The zero-order chi connectivity index (χ0) is 13.0. The Bertz CT molecular complexity index is 443. The van der Waals surface area contributed by atoms with Crippen LogP contribution in [0.1, 0.15) is 29.3 Å². The van der Waals surface area contributed by atoms with Crippen molar-refractivity contribution in [1.82, 2.24) is 5.32 Å². The molecule has 0 fully saturated rings. The maximum Gasteiger partial charge on any atom is 0.326 e. The molecule has 92 valence electrons. The van der Waals surface area contributed by atoms with Crippen LogP contribution in [-0.4, -0.2) is 23.0 Å². The van der Waals surface area contributed by atoms with E-state index < -0.39 is 17.9 Å². The number of aliphatic carboxylic acids is 1. The van der Waals surface area contributed by atoms with E-state index in [1.54, 1.807) is 25.1 Å². The zero-order valence-electron chi connectivity index (χ0n) is 9.86. The van der Waals surface area contributed by atoms with Crippen molar-refractivity contribution in [3.8, 4) is 0 Å². The molecule has 1 unspecified atom stereocenters. The molecule has 5 heteroatoms. The predicted octanol–water partition coefficient (Wildman–Crippen LogP) is 1.17. The van der Waals surface area contributed by atoms with E-state index in [0.717, 1.165) is 5.56 Å². The van der Waals surface area contributed by atoms with Crippen molar-refractivity contribution in [3.63, 3.8) is 0 Å². The van der Waals surface area contributed by atoms with Gasteiger partial charge in [-0.05, 0) is 31.0 Å². The van der Waals surface area contributed by atoms with Crippen molar-refractivity contribution in [2.45, 2.75) is 26.3 Å². The fraction of sp³-hybridized carbons (Fsp3) is 0.333. The molecule has 0 saturated carbocycles. The molecule has 0 saturated heterocycles. The van der Waals surface area contributed by atoms with Crippen molar-refractivity contribution in [2.24, 2.45) is 0 Å². The van der Waals surface area contributed by atoms with Crippen LogP contribution in [0.2, 0.25) is 0 Å². The summed E-state index contributed by atoms with van der Waals surface area (Å²) < 4.78 is 0. The lowest BCUT2D eigenvalue weighted by Crippen LogP contribution is -2.40. The van der Waals surface area contributed by atoms with Crippen molar-refractivity contribution in [2.75, 3.05) is 5.73 Å². The average molecular weight is 236 g/mol. The molecule has 1 amide bonds. The first kappa shape index (κ1) is 13.0. The number of hydrogen-bond acceptors (Lipinski definition) is 3. The molecule has 0 bridgehead atoms. The molecular weight excluding hydrogens is 220 g/mol. The van der Waals surface area contributed by atoms with Gasteiger partial charge in [0.25, 0.3) is 5.91 Å². The van der Waals surface area contributed by atoms with Gasteiger partial charge in [0, 0.05) is 11.3 Å². The molecule has 0 aliphatic carbocycles. The van der Waals surface area contributed by atoms with Crippen LogP contribution >= 0.6 is 0 Å². The third kappa shape index (κ3) is 3.21. The number of benzene rings is 1. The molecule has 0 aliphatic rings. The number of hydrogen-bond donors (Lipinski definition) is 3. The number of rotatable bonds is 4. The van der Waals surface area contributed by atoms with Crippen LogP contribution in [0.25, 0.3) is 0 Å². The molecule has 1 atom stereocenters. The summed E-state index contributed by atoms with van der Waals surface area (Å²) in [4.78, 5) is 22.5. The van der Waals surface area contributed by atoms with Gasteiger partial charge < -0.3 is 16.2 Å². The third-order valence-corrected chi connectivity index (χ3v) is 2.55. The van der Waals surface area contributed by atoms with E-state index in [-0.39, 0.29) is 0 Å². The Kier molecular flexibility index (Phi) is 4.09. The summed E-state index contributed by atoms with van der Waals surface area (Å²) in [7, 11) is 0. The standard InChI is InChI=1S/C12H16N2O3/c1-3-10(12(16)17)14-11(15)8-5-4-7(2)9(13)6-8/h4-6,10H,3,13H2,1-2H3,(H,14,15)(H,16,17). The fourth-order valence-electron chi connectivity index (χ4n) is 1.36. The smallest absolute Gasteiger partial charge is 0.326 e. The molecule has 0 radical (unpaired) electrons. The van der Waals surface area contributed by atoms with Crippen molar-refractivity contribution < 1.29 is 14.7 Å². The van der Waals surface area contributed by atoms with Crippen molar-refractivity contribution >= 4 is 17.6 Å². The van der Waals surface area contributed by atoms with E-state index in [0.29, 0.717) is 17.7 Å². The predicted molar refractivity (Wildman–Crippen MR) is 64.8 cm³/mol. The Morgan fingerprint density at radius 2 is 2.12 bits per heavy atom. The number of aryl methyl sites for hydroxylation is 1. The van der Waals surface area contributed by atoms with Gasteiger partial charge in [-0.3, -0.25) is 4.79 Å². The number of nitrogens with two attached hydrogens (primary N) is 1. The summed E-state index contributed by atoms with van der Waals surface area (Å²) in [6.07, 6.45) is 0.336. The number of nitrogen functional groups attached to an aromatic ring is 1. The molecule has 0 heterocycles. The molecule has 5 nitrogen and oxygen atoms in total. The molecule has 0 aliphatic heterocycles. The Labute approximate surface area is 99.6 Å². The molecule has 0 spiro atoms. The summed E-state index contributed by atoms with van der Waals surface area (Å²) in [5.41, 5.74) is 7.45. The lowest BCUT2D eigenvalue weighted by atomic mass is 10.1. The van der Waals surface area contributed by atoms with E-state index in [4.69, 9.17) is 10.8 Å². The lowest BCUT2D eigenvalue weighted by molar-refractivity contribution is -0.139. The third-order valence-electron chi connectivity index (χ3n) is 2.55. The minimum absolute atomic E-state index is 0.336. The summed E-state index contributed by atoms with van der Waals surface area (Å²) in [6.45, 7) is 3.53. The molecular formula is C12H16N2O3. The number of carbonyl (C=O) groups is 2. The van der Waals surface area contributed by atoms with Gasteiger partial charge in [0.2, 0.25) is 0 Å². The summed E-state index contributed by atoms with van der Waals surface area (Å²) in [5, 5.41) is 11.3. The SMILES string of the molecule is CCC(NC(=O)c1ccc(C)c(N)c1)C(=O)O. The first-order valence-electron chi connectivity index (χ1n) is 5.35. The number of carboxylic acid groups (broad SMARTS) is 1. The second-order valence-corrected chi connectivity index (χ2v) is 3.84. The fourth-order valence-corrected chi connectivity index (χ4v) is 1.36. The molecule has 1 aromatic carbocycles. The van der Waals surface area contributed by atoms with Gasteiger partial charge in [-0.15, -0.1) is 0 Å². The van der Waals surface area contributed by atoms with Crippen LogP contribution in [0.5, 0.6) is 0 Å². The maximum absolute atomic E-state index is 11.8. The van der Waals surface area contributed by atoms with Crippen LogP contribution in [0.4, 0.5) is 5.69 Å². The number of anilines is 1. The molecule has 4 N–H and O–H groups in total. The minimum atomic E-state index is -1.04. The van der Waals surface area contributed by atoms with Gasteiger partial charge in [0.15, 0.2) is 0 Å². The van der Waals surface area contributed by atoms with Gasteiger partial charge >= 0.3 is 5.97 Å².